The van der Waals surface area contributed by atoms with Crippen LogP contribution in [0.3, 0.4) is 0 Å². The molecule has 3 N–H and O–H groups in total. The van der Waals surface area contributed by atoms with Crippen LogP contribution in [0.5, 0.6) is 0 Å². The summed E-state index contributed by atoms with van der Waals surface area (Å²) in [5.74, 6) is 0.530. The Morgan fingerprint density at radius 1 is 1.41 bits per heavy atom. The van der Waals surface area contributed by atoms with Crippen molar-refractivity contribution in [3.63, 3.8) is 0 Å². The largest absolute Gasteiger partial charge is 0.379 e. The van der Waals surface area contributed by atoms with Crippen LogP contribution in [0.25, 0.3) is 0 Å². The van der Waals surface area contributed by atoms with Crippen LogP contribution >= 0.6 is 0 Å². The Morgan fingerprint density at radius 3 is 2.95 bits per heavy atom. The second-order valence-corrected chi connectivity index (χ2v) is 5.56. The van der Waals surface area contributed by atoms with Gasteiger partial charge in [0.15, 0.2) is 5.96 Å². The maximum Gasteiger partial charge on any atom is 0.188 e. The normalized spacial score (nSPS) is 16.7. The van der Waals surface area contributed by atoms with Crippen LogP contribution in [0.15, 0.2) is 23.3 Å². The number of aryl methyl sites for hydroxylation is 1. The Hall–Kier alpha value is -1.66. The highest BCUT2D eigenvalue weighted by Gasteiger charge is 2.08. The van der Waals surface area contributed by atoms with Gasteiger partial charge in [0.2, 0.25) is 0 Å². The highest BCUT2D eigenvalue weighted by Crippen LogP contribution is 1.99. The fraction of sp³-hybridized carbons (Fsp3) is 0.625. The van der Waals surface area contributed by atoms with Crippen LogP contribution in [0.2, 0.25) is 0 Å². The van der Waals surface area contributed by atoms with Crippen LogP contribution in [0, 0.1) is 6.92 Å². The summed E-state index contributed by atoms with van der Waals surface area (Å²) < 4.78 is 5.33. The fourth-order valence-corrected chi connectivity index (χ4v) is 2.36. The molecule has 0 radical (unpaired) electrons. The zero-order valence-corrected chi connectivity index (χ0v) is 13.4. The topological polar surface area (TPSA) is 75.8 Å². The van der Waals surface area contributed by atoms with Crippen molar-refractivity contribution >= 4 is 5.96 Å². The van der Waals surface area contributed by atoms with Gasteiger partial charge < -0.3 is 15.8 Å². The van der Waals surface area contributed by atoms with Gasteiger partial charge in [-0.1, -0.05) is 6.07 Å². The summed E-state index contributed by atoms with van der Waals surface area (Å²) in [5, 5.41) is 3.15. The molecule has 0 atom stereocenters. The first-order chi connectivity index (χ1) is 10.7. The van der Waals surface area contributed by atoms with Gasteiger partial charge >= 0.3 is 0 Å². The molecule has 1 aromatic heterocycles. The molecule has 122 valence electrons. The molecule has 0 aliphatic carbocycles. The van der Waals surface area contributed by atoms with Crippen molar-refractivity contribution in [2.24, 2.45) is 10.7 Å². The van der Waals surface area contributed by atoms with Gasteiger partial charge in [-0.2, -0.15) is 0 Å². The first kappa shape index (κ1) is 16.7. The van der Waals surface area contributed by atoms with Gasteiger partial charge in [0.1, 0.15) is 0 Å². The van der Waals surface area contributed by atoms with Crippen molar-refractivity contribution in [1.29, 1.82) is 0 Å². The summed E-state index contributed by atoms with van der Waals surface area (Å²) in [6.07, 6.45) is 3.84. The average Bonchev–Trinajstić information content (AvgIpc) is 2.54. The smallest absolute Gasteiger partial charge is 0.188 e. The Bertz CT molecular complexity index is 454. The molecule has 2 heterocycles. The van der Waals surface area contributed by atoms with Crippen molar-refractivity contribution in [3.05, 3.63) is 29.6 Å². The summed E-state index contributed by atoms with van der Waals surface area (Å²) in [5.41, 5.74) is 8.12. The molecule has 6 heteroatoms. The van der Waals surface area contributed by atoms with Gasteiger partial charge in [-0.3, -0.25) is 14.9 Å². The van der Waals surface area contributed by atoms with Crippen LogP contribution in [-0.4, -0.2) is 61.8 Å². The van der Waals surface area contributed by atoms with Gasteiger partial charge in [0, 0.05) is 44.6 Å². The maximum atomic E-state index is 5.87. The Balaban J connectivity index is 1.56. The van der Waals surface area contributed by atoms with Crippen molar-refractivity contribution in [3.8, 4) is 0 Å². The average molecular weight is 305 g/mol. The molecule has 0 bridgehead atoms. The van der Waals surface area contributed by atoms with Crippen molar-refractivity contribution in [2.75, 3.05) is 45.9 Å². The van der Waals surface area contributed by atoms with Crippen molar-refractivity contribution < 1.29 is 4.74 Å². The first-order valence-electron chi connectivity index (χ1n) is 7.99. The molecule has 6 nitrogen and oxygen atoms in total. The van der Waals surface area contributed by atoms with E-state index < -0.39 is 0 Å². The van der Waals surface area contributed by atoms with Gasteiger partial charge in [-0.15, -0.1) is 0 Å². The number of morpholine rings is 1. The van der Waals surface area contributed by atoms with E-state index in [4.69, 9.17) is 10.5 Å². The van der Waals surface area contributed by atoms with E-state index in [2.05, 4.69) is 26.3 Å². The minimum atomic E-state index is 0.530. The number of nitrogens with zero attached hydrogens (tertiary/aromatic N) is 3. The molecule has 1 aliphatic rings. The Kier molecular flexibility index (Phi) is 7.12. The lowest BCUT2D eigenvalue weighted by Crippen LogP contribution is -2.37. The summed E-state index contributed by atoms with van der Waals surface area (Å²) in [6.45, 7) is 8.36. The second kappa shape index (κ2) is 9.38. The summed E-state index contributed by atoms with van der Waals surface area (Å²) >= 11 is 0. The quantitative estimate of drug-likeness (QED) is 0.437. The molecule has 1 fully saturated rings. The minimum Gasteiger partial charge on any atom is -0.379 e. The third-order valence-corrected chi connectivity index (χ3v) is 3.71. The van der Waals surface area contributed by atoms with Crippen molar-refractivity contribution in [1.82, 2.24) is 15.2 Å². The number of pyridine rings is 1. The lowest BCUT2D eigenvalue weighted by Gasteiger charge is -2.26. The number of rotatable bonds is 7. The van der Waals surface area contributed by atoms with E-state index in [1.807, 2.05) is 19.2 Å². The predicted octanol–water partition coefficient (Wildman–Crippen LogP) is 0.559. The van der Waals surface area contributed by atoms with E-state index >= 15 is 0 Å². The zero-order valence-electron chi connectivity index (χ0n) is 13.4. The number of aliphatic imine (C=N–C) groups is 1. The van der Waals surface area contributed by atoms with E-state index in [9.17, 15) is 0 Å². The number of aromatic nitrogens is 1. The predicted molar refractivity (Wildman–Crippen MR) is 89.0 cm³/mol. The van der Waals surface area contributed by atoms with Gasteiger partial charge in [0.25, 0.3) is 0 Å². The highest BCUT2D eigenvalue weighted by molar-refractivity contribution is 5.77. The maximum absolute atomic E-state index is 5.87. The van der Waals surface area contributed by atoms with Crippen LogP contribution < -0.4 is 11.1 Å². The number of nitrogens with two attached hydrogens (primary N) is 1. The second-order valence-electron chi connectivity index (χ2n) is 5.56. The molecule has 0 aromatic carbocycles. The molecular weight excluding hydrogens is 278 g/mol. The first-order valence-corrected chi connectivity index (χ1v) is 7.99. The zero-order chi connectivity index (χ0) is 15.6. The summed E-state index contributed by atoms with van der Waals surface area (Å²) in [6, 6.07) is 4.12. The number of nitrogens with one attached hydrogen (secondary N) is 1. The lowest BCUT2D eigenvalue weighted by atomic mass is 10.2. The number of ether oxygens (including phenoxy) is 1. The summed E-state index contributed by atoms with van der Waals surface area (Å²) in [7, 11) is 0. The monoisotopic (exact) mass is 305 g/mol. The van der Waals surface area contributed by atoms with E-state index in [1.165, 1.54) is 5.56 Å². The number of hydrogen-bond donors (Lipinski definition) is 2. The molecule has 0 unspecified atom stereocenters. The molecule has 2 rings (SSSR count). The molecule has 1 aromatic rings. The molecule has 1 aliphatic heterocycles. The minimum absolute atomic E-state index is 0.530. The molecule has 0 saturated carbocycles. The van der Waals surface area contributed by atoms with Gasteiger partial charge in [0.05, 0.1) is 13.2 Å². The van der Waals surface area contributed by atoms with E-state index in [0.29, 0.717) is 5.96 Å². The van der Waals surface area contributed by atoms with E-state index in [-0.39, 0.29) is 0 Å². The molecule has 0 spiro atoms. The molecule has 0 amide bonds. The number of hydrogen-bond acceptors (Lipinski definition) is 4. The molecule has 1 saturated heterocycles. The van der Waals surface area contributed by atoms with Crippen LogP contribution in [-0.2, 0) is 11.2 Å². The lowest BCUT2D eigenvalue weighted by molar-refractivity contribution is 0.0377. The highest BCUT2D eigenvalue weighted by atomic mass is 16.5. The Morgan fingerprint density at radius 2 is 2.23 bits per heavy atom. The van der Waals surface area contributed by atoms with E-state index in [1.54, 1.807) is 0 Å². The fourth-order valence-electron chi connectivity index (χ4n) is 2.36. The Labute approximate surface area is 132 Å². The van der Waals surface area contributed by atoms with Crippen molar-refractivity contribution in [2.45, 2.75) is 19.8 Å². The standard InChI is InChI=1S/C16H27N5O/c1-14-3-4-15(13-20-14)5-7-19-16(17)18-6-2-8-21-9-11-22-12-10-21/h3-4,13H,2,5-12H2,1H3,(H3,17,18,19). The SMILES string of the molecule is Cc1ccc(CCNC(N)=NCCCN2CCOCC2)cn1. The third-order valence-electron chi connectivity index (χ3n) is 3.71. The van der Waals surface area contributed by atoms with E-state index in [0.717, 1.165) is 64.5 Å². The van der Waals surface area contributed by atoms with Crippen LogP contribution in [0.1, 0.15) is 17.7 Å². The number of guanidine groups is 1. The molecular formula is C16H27N5O. The van der Waals surface area contributed by atoms with Gasteiger partial charge in [-0.05, 0) is 31.4 Å². The molecule has 22 heavy (non-hydrogen) atoms. The summed E-state index contributed by atoms with van der Waals surface area (Å²) in [4.78, 5) is 11.1. The third kappa shape index (κ3) is 6.41. The van der Waals surface area contributed by atoms with Crippen LogP contribution in [0.4, 0.5) is 0 Å². The van der Waals surface area contributed by atoms with Gasteiger partial charge in [-0.25, -0.2) is 0 Å².